The number of alkyl halides is 26. The molecule has 0 aromatic heterocycles. The van der Waals surface area contributed by atoms with Crippen molar-refractivity contribution in [2.45, 2.75) is 115 Å². The Balaban J connectivity index is 2.08. The van der Waals surface area contributed by atoms with Gasteiger partial charge in [0.1, 0.15) is 0 Å². The van der Waals surface area contributed by atoms with Gasteiger partial charge >= 0.3 is 71.6 Å². The lowest BCUT2D eigenvalue weighted by Gasteiger charge is -2.40. The Hall–Kier alpha value is -3.81. The van der Waals surface area contributed by atoms with Crippen LogP contribution in [0.15, 0.2) is 91.0 Å². The van der Waals surface area contributed by atoms with Crippen LogP contribution in [-0.4, -0.2) is 77.3 Å². The summed E-state index contributed by atoms with van der Waals surface area (Å²) in [6.07, 6.45) is -27.0. The van der Waals surface area contributed by atoms with Crippen molar-refractivity contribution in [1.29, 1.82) is 0 Å². The molecule has 0 saturated carbocycles. The van der Waals surface area contributed by atoms with Crippen molar-refractivity contribution in [3.63, 3.8) is 0 Å². The van der Waals surface area contributed by atoms with E-state index in [-0.39, 0.29) is 0 Å². The van der Waals surface area contributed by atoms with Crippen molar-refractivity contribution in [3.8, 4) is 0 Å². The van der Waals surface area contributed by atoms with Gasteiger partial charge in [0.15, 0.2) is 0 Å². The summed E-state index contributed by atoms with van der Waals surface area (Å²) in [6.45, 7) is 0. The summed E-state index contributed by atoms with van der Waals surface area (Å²) in [5, 5.41) is 0. The number of halogens is 26. The fourth-order valence-electron chi connectivity index (χ4n) is 6.47. The molecule has 0 amide bonds. The van der Waals surface area contributed by atoms with Crippen LogP contribution in [0.25, 0.3) is 0 Å². The minimum absolute atomic E-state index is 0.334. The fraction of sp³-hybridized carbons (Fsp3) is 0.538. The zero-order chi connectivity index (χ0) is 51.1. The predicted octanol–water partition coefficient (Wildman–Crippen LogP) is 16.1. The van der Waals surface area contributed by atoms with Crippen LogP contribution >= 0.6 is 11.8 Å². The van der Waals surface area contributed by atoms with Gasteiger partial charge in [-0.25, -0.2) is 0 Å². The second-order valence-corrected chi connectivity index (χ2v) is 16.0. The highest BCUT2D eigenvalue weighted by molar-refractivity contribution is 8.00. The standard InChI is InChI=1S/C39H30F26S/c40-27(41,30(44,45)32(48,49)34(52,53)36(56,57)38(60,61)62)20-10-12-23(13-11-21-28(42,43)31(46,47)33(50,51)35(54,55)37(58,59)39(63,64)65)22-66-29(24-14-4-1-5-15-24,25-16-6-2-7-17-25)26-18-8-3-9-19-26/h1-9,14-19,23H,10-13,20-22H2. The number of benzene rings is 3. The van der Waals surface area contributed by atoms with Gasteiger partial charge < -0.3 is 0 Å². The minimum Gasteiger partial charge on any atom is -0.200 e. The van der Waals surface area contributed by atoms with E-state index in [2.05, 4.69) is 0 Å². The lowest BCUT2D eigenvalue weighted by molar-refractivity contribution is -0.440. The summed E-state index contributed by atoms with van der Waals surface area (Å²) in [6, 6.07) is 22.3. The largest absolute Gasteiger partial charge is 0.460 e. The number of hydrogen-bond donors (Lipinski definition) is 0. The van der Waals surface area contributed by atoms with Gasteiger partial charge in [0.2, 0.25) is 0 Å². The molecule has 0 aliphatic heterocycles. The van der Waals surface area contributed by atoms with Gasteiger partial charge in [0.05, 0.1) is 4.75 Å². The van der Waals surface area contributed by atoms with Crippen LogP contribution in [0.5, 0.6) is 0 Å². The molecule has 3 rings (SSSR count). The van der Waals surface area contributed by atoms with E-state index in [1.54, 1.807) is 0 Å². The highest BCUT2D eigenvalue weighted by atomic mass is 32.2. The van der Waals surface area contributed by atoms with Gasteiger partial charge in [-0.1, -0.05) is 91.0 Å². The first-order valence-corrected chi connectivity index (χ1v) is 19.3. The fourth-order valence-corrected chi connectivity index (χ4v) is 8.19. The molecule has 0 nitrogen and oxygen atoms in total. The van der Waals surface area contributed by atoms with E-state index in [1.807, 2.05) is 0 Å². The van der Waals surface area contributed by atoms with E-state index in [9.17, 15) is 114 Å². The van der Waals surface area contributed by atoms with E-state index in [0.29, 0.717) is 28.5 Å². The third kappa shape index (κ3) is 9.60. The molecular formula is C39H30F26S. The second kappa shape index (κ2) is 18.6. The van der Waals surface area contributed by atoms with Gasteiger partial charge in [0, 0.05) is 12.8 Å². The van der Waals surface area contributed by atoms with E-state index < -0.39 is 127 Å². The zero-order valence-corrected chi connectivity index (χ0v) is 33.2. The average Bonchev–Trinajstić information content (AvgIpc) is 3.20. The van der Waals surface area contributed by atoms with E-state index in [0.717, 1.165) is 0 Å². The van der Waals surface area contributed by atoms with Crippen molar-refractivity contribution in [2.75, 3.05) is 5.75 Å². The van der Waals surface area contributed by atoms with Gasteiger partial charge in [0.25, 0.3) is 0 Å². The highest BCUT2D eigenvalue weighted by Crippen LogP contribution is 2.63. The molecule has 0 fully saturated rings. The van der Waals surface area contributed by atoms with Crippen LogP contribution in [0.2, 0.25) is 0 Å². The Kier molecular flexibility index (Phi) is 15.9. The van der Waals surface area contributed by atoms with Crippen molar-refractivity contribution < 1.29 is 114 Å². The molecule has 0 aliphatic carbocycles. The summed E-state index contributed by atoms with van der Waals surface area (Å²) >= 11 is 0.699. The Morgan fingerprint density at radius 2 is 0.561 bits per heavy atom. The lowest BCUT2D eigenvalue weighted by Crippen LogP contribution is -2.70. The third-order valence-electron chi connectivity index (χ3n) is 10.3. The molecule has 0 aliphatic rings. The maximum Gasteiger partial charge on any atom is 0.460 e. The Bertz CT molecular complexity index is 1830. The first-order valence-electron chi connectivity index (χ1n) is 18.3. The van der Waals surface area contributed by atoms with Crippen molar-refractivity contribution >= 4 is 11.8 Å². The monoisotopic (exact) mass is 1020 g/mol. The summed E-state index contributed by atoms with van der Waals surface area (Å²) < 4.78 is 356. The number of rotatable bonds is 22. The Labute approximate surface area is 360 Å². The van der Waals surface area contributed by atoms with E-state index in [4.69, 9.17) is 0 Å². The molecule has 0 bridgehead atoms. The quantitative estimate of drug-likeness (QED) is 0.0714. The average molecular weight is 1020 g/mol. The first-order chi connectivity index (χ1) is 29.6. The SMILES string of the molecule is FC(F)(F)C(F)(F)C(F)(F)C(F)(F)C(F)(F)C(F)(F)CCCC(CCCC(F)(F)C(F)(F)C(F)(F)C(F)(F)C(F)(F)C(F)(F)F)CSC(c1ccccc1)(c1ccccc1)c1ccccc1. The van der Waals surface area contributed by atoms with Crippen LogP contribution in [0.1, 0.15) is 55.2 Å². The lowest BCUT2D eigenvalue weighted by atomic mass is 9.84. The molecule has 27 heteroatoms. The van der Waals surface area contributed by atoms with Crippen molar-refractivity contribution in [3.05, 3.63) is 108 Å². The Morgan fingerprint density at radius 3 is 0.803 bits per heavy atom. The first kappa shape index (κ1) is 56.5. The van der Waals surface area contributed by atoms with Crippen LogP contribution < -0.4 is 0 Å². The van der Waals surface area contributed by atoms with Crippen LogP contribution in [0, 0.1) is 5.92 Å². The van der Waals surface area contributed by atoms with E-state index >= 15 is 0 Å². The van der Waals surface area contributed by atoms with Crippen LogP contribution in [-0.2, 0) is 4.75 Å². The van der Waals surface area contributed by atoms with Crippen molar-refractivity contribution in [2.24, 2.45) is 5.92 Å². The van der Waals surface area contributed by atoms with Gasteiger partial charge in [-0.2, -0.15) is 114 Å². The maximum absolute atomic E-state index is 14.8. The topological polar surface area (TPSA) is 0 Å². The summed E-state index contributed by atoms with van der Waals surface area (Å²) in [5.74, 6) is -80.2. The minimum atomic E-state index is -8.25. The smallest absolute Gasteiger partial charge is 0.200 e. The summed E-state index contributed by atoms with van der Waals surface area (Å²) in [4.78, 5) is 0. The molecular weight excluding hydrogens is 994 g/mol. The van der Waals surface area contributed by atoms with Gasteiger partial charge in [-0.15, -0.1) is 11.8 Å². The highest BCUT2D eigenvalue weighted by Gasteiger charge is 2.92. The maximum atomic E-state index is 14.8. The molecule has 0 spiro atoms. The zero-order valence-electron chi connectivity index (χ0n) is 32.4. The molecule has 0 unspecified atom stereocenters. The second-order valence-electron chi connectivity index (χ2n) is 14.7. The molecule has 0 radical (unpaired) electrons. The molecule has 0 N–H and O–H groups in total. The summed E-state index contributed by atoms with van der Waals surface area (Å²) in [5.41, 5.74) is 1.00. The molecule has 0 atom stereocenters. The third-order valence-corrected chi connectivity index (χ3v) is 12.1. The van der Waals surface area contributed by atoms with Crippen LogP contribution in [0.3, 0.4) is 0 Å². The molecule has 0 heterocycles. The summed E-state index contributed by atoms with van der Waals surface area (Å²) in [7, 11) is 0. The molecule has 3 aromatic carbocycles. The van der Waals surface area contributed by atoms with Crippen molar-refractivity contribution in [1.82, 2.24) is 0 Å². The molecule has 0 saturated heterocycles. The number of hydrogen-bond acceptors (Lipinski definition) is 1. The van der Waals surface area contributed by atoms with Gasteiger partial charge in [-0.05, 0) is 54.0 Å². The number of thioether (sulfide) groups is 1. The Morgan fingerprint density at radius 1 is 0.318 bits per heavy atom. The van der Waals surface area contributed by atoms with Gasteiger partial charge in [-0.3, -0.25) is 0 Å². The molecule has 66 heavy (non-hydrogen) atoms. The van der Waals surface area contributed by atoms with Crippen LogP contribution in [0.4, 0.5) is 114 Å². The normalized spacial score (nSPS) is 15.1. The van der Waals surface area contributed by atoms with E-state index in [1.165, 1.54) is 91.0 Å². The molecule has 3 aromatic rings. The predicted molar refractivity (Wildman–Crippen MR) is 184 cm³/mol. The molecule has 374 valence electrons.